The summed E-state index contributed by atoms with van der Waals surface area (Å²) < 4.78 is 0. The van der Waals surface area contributed by atoms with E-state index in [4.69, 9.17) is 0 Å². The first-order chi connectivity index (χ1) is 10.6. The lowest BCUT2D eigenvalue weighted by molar-refractivity contribution is 1.32. The van der Waals surface area contributed by atoms with E-state index in [2.05, 4.69) is 80.4 Å². The lowest BCUT2D eigenvalue weighted by atomic mass is 9.93. The molecule has 22 heavy (non-hydrogen) atoms. The van der Waals surface area contributed by atoms with Crippen molar-refractivity contribution in [3.63, 3.8) is 0 Å². The summed E-state index contributed by atoms with van der Waals surface area (Å²) >= 11 is 0. The number of hydrogen-bond donors (Lipinski definition) is 1. The van der Waals surface area contributed by atoms with Gasteiger partial charge in [0.25, 0.3) is 0 Å². The van der Waals surface area contributed by atoms with Gasteiger partial charge in [0, 0.05) is 21.8 Å². The van der Waals surface area contributed by atoms with E-state index < -0.39 is 0 Å². The molecular formula is C21H19N. The quantitative estimate of drug-likeness (QED) is 0.447. The van der Waals surface area contributed by atoms with E-state index >= 15 is 0 Å². The fourth-order valence-corrected chi connectivity index (χ4v) is 3.65. The van der Waals surface area contributed by atoms with Crippen LogP contribution in [0, 0.1) is 20.8 Å². The van der Waals surface area contributed by atoms with E-state index in [1.54, 1.807) is 0 Å². The smallest absolute Gasteiger partial charge is 0.0471 e. The Labute approximate surface area is 130 Å². The van der Waals surface area contributed by atoms with E-state index in [0.717, 1.165) is 0 Å². The van der Waals surface area contributed by atoms with Crippen molar-refractivity contribution in [2.75, 3.05) is 0 Å². The highest BCUT2D eigenvalue weighted by Crippen LogP contribution is 2.33. The number of aromatic amines is 1. The second-order valence-corrected chi connectivity index (χ2v) is 6.20. The molecule has 0 spiro atoms. The monoisotopic (exact) mass is 285 g/mol. The summed E-state index contributed by atoms with van der Waals surface area (Å²) in [6.45, 7) is 6.56. The predicted octanol–water partition coefficient (Wildman–Crippen LogP) is 5.91. The molecule has 1 nitrogen and oxygen atoms in total. The van der Waals surface area contributed by atoms with Crippen LogP contribution in [0.2, 0.25) is 0 Å². The maximum Gasteiger partial charge on any atom is 0.0471 e. The number of nitrogens with one attached hydrogen (secondary N) is 1. The molecule has 108 valence electrons. The van der Waals surface area contributed by atoms with Gasteiger partial charge in [-0.3, -0.25) is 0 Å². The topological polar surface area (TPSA) is 15.8 Å². The molecule has 0 bridgehead atoms. The molecule has 4 aromatic rings. The van der Waals surface area contributed by atoms with Crippen molar-refractivity contribution in [3.8, 4) is 11.1 Å². The van der Waals surface area contributed by atoms with Crippen LogP contribution >= 0.6 is 0 Å². The number of benzene rings is 3. The van der Waals surface area contributed by atoms with Gasteiger partial charge in [-0.1, -0.05) is 48.0 Å². The van der Waals surface area contributed by atoms with Gasteiger partial charge < -0.3 is 4.98 Å². The fraction of sp³-hybridized carbons (Fsp3) is 0.143. The zero-order valence-corrected chi connectivity index (χ0v) is 13.2. The molecule has 4 rings (SSSR count). The van der Waals surface area contributed by atoms with Crippen molar-refractivity contribution in [1.82, 2.24) is 4.98 Å². The maximum atomic E-state index is 3.54. The lowest BCUT2D eigenvalue weighted by Gasteiger charge is -2.11. The van der Waals surface area contributed by atoms with Gasteiger partial charge in [-0.15, -0.1) is 0 Å². The van der Waals surface area contributed by atoms with Crippen molar-refractivity contribution in [2.45, 2.75) is 20.8 Å². The molecule has 0 atom stereocenters. The van der Waals surface area contributed by atoms with Gasteiger partial charge in [0.1, 0.15) is 0 Å². The molecule has 0 aliphatic rings. The molecule has 3 aromatic carbocycles. The van der Waals surface area contributed by atoms with Gasteiger partial charge in [0.2, 0.25) is 0 Å². The van der Waals surface area contributed by atoms with Crippen LogP contribution in [0.4, 0.5) is 0 Å². The summed E-state index contributed by atoms with van der Waals surface area (Å²) in [7, 11) is 0. The number of rotatable bonds is 1. The molecule has 0 fully saturated rings. The van der Waals surface area contributed by atoms with Crippen molar-refractivity contribution in [3.05, 3.63) is 71.3 Å². The third-order valence-electron chi connectivity index (χ3n) is 4.47. The van der Waals surface area contributed by atoms with Crippen LogP contribution in [-0.4, -0.2) is 4.98 Å². The van der Waals surface area contributed by atoms with Crippen LogP contribution in [-0.2, 0) is 0 Å². The van der Waals surface area contributed by atoms with Crippen molar-refractivity contribution < 1.29 is 0 Å². The van der Waals surface area contributed by atoms with E-state index in [-0.39, 0.29) is 0 Å². The summed E-state index contributed by atoms with van der Waals surface area (Å²) in [5, 5.41) is 2.59. The van der Waals surface area contributed by atoms with Gasteiger partial charge >= 0.3 is 0 Å². The molecule has 0 aliphatic carbocycles. The lowest BCUT2D eigenvalue weighted by Crippen LogP contribution is -1.90. The molecule has 1 heteroatoms. The SMILES string of the molecule is Cc1cc(C)c(-c2ccc3c(c2)[nH]c2ccccc23)c(C)c1. The molecule has 0 radical (unpaired) electrons. The molecule has 0 saturated carbocycles. The summed E-state index contributed by atoms with van der Waals surface area (Å²) in [4.78, 5) is 3.54. The van der Waals surface area contributed by atoms with Gasteiger partial charge in [-0.05, 0) is 55.2 Å². The summed E-state index contributed by atoms with van der Waals surface area (Å²) in [5.74, 6) is 0. The fourth-order valence-electron chi connectivity index (χ4n) is 3.65. The number of hydrogen-bond acceptors (Lipinski definition) is 0. The number of para-hydroxylation sites is 1. The van der Waals surface area contributed by atoms with Gasteiger partial charge in [-0.25, -0.2) is 0 Å². The van der Waals surface area contributed by atoms with Crippen molar-refractivity contribution in [1.29, 1.82) is 0 Å². The van der Waals surface area contributed by atoms with Crippen LogP contribution < -0.4 is 0 Å². The average molecular weight is 285 g/mol. The van der Waals surface area contributed by atoms with E-state index in [9.17, 15) is 0 Å². The zero-order valence-electron chi connectivity index (χ0n) is 13.2. The number of aromatic nitrogens is 1. The minimum absolute atomic E-state index is 1.20. The second kappa shape index (κ2) is 4.74. The average Bonchev–Trinajstić information content (AvgIpc) is 2.84. The molecule has 0 amide bonds. The largest absolute Gasteiger partial charge is 0.354 e. The third kappa shape index (κ3) is 1.93. The van der Waals surface area contributed by atoms with Gasteiger partial charge in [-0.2, -0.15) is 0 Å². The van der Waals surface area contributed by atoms with E-state index in [0.29, 0.717) is 0 Å². The number of aryl methyl sites for hydroxylation is 3. The Morgan fingerprint density at radius 3 is 2.14 bits per heavy atom. The first kappa shape index (κ1) is 13.1. The molecule has 1 heterocycles. The minimum Gasteiger partial charge on any atom is -0.354 e. The Kier molecular flexibility index (Phi) is 2.83. The zero-order chi connectivity index (χ0) is 15.3. The number of H-pyrrole nitrogens is 1. The van der Waals surface area contributed by atoms with Crippen LogP contribution in [0.5, 0.6) is 0 Å². The van der Waals surface area contributed by atoms with Crippen LogP contribution in [0.3, 0.4) is 0 Å². The normalized spacial score (nSPS) is 11.4. The summed E-state index contributed by atoms with van der Waals surface area (Å²) in [5.41, 5.74) is 9.05. The molecule has 1 N–H and O–H groups in total. The van der Waals surface area contributed by atoms with Crippen LogP contribution in [0.1, 0.15) is 16.7 Å². The van der Waals surface area contributed by atoms with Gasteiger partial charge in [0.05, 0.1) is 0 Å². The molecule has 0 aliphatic heterocycles. The van der Waals surface area contributed by atoms with Crippen molar-refractivity contribution in [2.24, 2.45) is 0 Å². The highest BCUT2D eigenvalue weighted by Gasteiger charge is 2.09. The van der Waals surface area contributed by atoms with Crippen LogP contribution in [0.15, 0.2) is 54.6 Å². The maximum absolute atomic E-state index is 3.54. The first-order valence-corrected chi connectivity index (χ1v) is 7.72. The Bertz CT molecular complexity index is 982. The summed E-state index contributed by atoms with van der Waals surface area (Å²) in [6.07, 6.45) is 0. The third-order valence-corrected chi connectivity index (χ3v) is 4.47. The predicted molar refractivity (Wildman–Crippen MR) is 95.5 cm³/mol. The molecule has 0 saturated heterocycles. The molecule has 0 unspecified atom stereocenters. The highest BCUT2D eigenvalue weighted by molar-refractivity contribution is 6.08. The van der Waals surface area contributed by atoms with E-state index in [1.165, 1.54) is 49.6 Å². The highest BCUT2D eigenvalue weighted by atomic mass is 14.7. The first-order valence-electron chi connectivity index (χ1n) is 7.72. The Hall–Kier alpha value is -2.54. The van der Waals surface area contributed by atoms with E-state index in [1.807, 2.05) is 0 Å². The standard InChI is InChI=1S/C21H19N/c1-13-10-14(2)21(15(3)11-13)16-8-9-18-17-6-4-5-7-19(17)22-20(18)12-16/h4-12,22H,1-3H3. The molecular weight excluding hydrogens is 266 g/mol. The second-order valence-electron chi connectivity index (χ2n) is 6.20. The minimum atomic E-state index is 1.20. The Morgan fingerprint density at radius 2 is 1.36 bits per heavy atom. The van der Waals surface area contributed by atoms with Crippen LogP contribution in [0.25, 0.3) is 32.9 Å². The molecule has 1 aromatic heterocycles. The Morgan fingerprint density at radius 1 is 0.682 bits per heavy atom. The van der Waals surface area contributed by atoms with Gasteiger partial charge in [0.15, 0.2) is 0 Å². The number of fused-ring (bicyclic) bond motifs is 3. The Balaban J connectivity index is 1.99. The van der Waals surface area contributed by atoms with Crippen molar-refractivity contribution >= 4 is 21.8 Å². The summed E-state index contributed by atoms with van der Waals surface area (Å²) in [6, 6.07) is 19.8.